The van der Waals surface area contributed by atoms with Crippen molar-refractivity contribution >= 4 is 33.2 Å². The molecule has 1 aliphatic heterocycles. The number of sulfone groups is 1. The number of halogens is 1. The third-order valence-corrected chi connectivity index (χ3v) is 7.81. The van der Waals surface area contributed by atoms with Crippen LogP contribution in [0.15, 0.2) is 29.7 Å². The van der Waals surface area contributed by atoms with E-state index in [-0.39, 0.29) is 23.4 Å². The molecule has 0 radical (unpaired) electrons. The normalized spacial score (nSPS) is 15.9. The highest BCUT2D eigenvalue weighted by Crippen LogP contribution is 2.24. The van der Waals surface area contributed by atoms with Crippen molar-refractivity contribution in [3.8, 4) is 0 Å². The summed E-state index contributed by atoms with van der Waals surface area (Å²) in [6, 6.07) is 3.79. The number of likely N-dealkylation sites (tertiary alicyclic amines) is 1. The third kappa shape index (κ3) is 6.52. The number of pyridine rings is 1. The Labute approximate surface area is 195 Å². The van der Waals surface area contributed by atoms with Gasteiger partial charge in [-0.1, -0.05) is 18.5 Å². The molecule has 0 saturated carbocycles. The topological polar surface area (TPSA) is 97.2 Å². The summed E-state index contributed by atoms with van der Waals surface area (Å²) >= 11 is 5.82. The average molecular weight is 482 g/mol. The lowest BCUT2D eigenvalue weighted by molar-refractivity contribution is -0.116. The van der Waals surface area contributed by atoms with Gasteiger partial charge in [0.25, 0.3) is 0 Å². The van der Waals surface area contributed by atoms with E-state index in [0.717, 1.165) is 32.4 Å². The van der Waals surface area contributed by atoms with Crippen LogP contribution in [0.25, 0.3) is 0 Å². The monoisotopic (exact) mass is 481 g/mol. The van der Waals surface area contributed by atoms with E-state index >= 15 is 0 Å². The van der Waals surface area contributed by atoms with Gasteiger partial charge in [-0.15, -0.1) is 0 Å². The first kappa shape index (κ1) is 24.7. The molecule has 2 aromatic heterocycles. The first-order chi connectivity index (χ1) is 15.2. The van der Waals surface area contributed by atoms with Crippen LogP contribution < -0.4 is 5.32 Å². The number of anilines is 1. The molecule has 176 valence electrons. The van der Waals surface area contributed by atoms with E-state index in [1.807, 2.05) is 0 Å². The van der Waals surface area contributed by atoms with Gasteiger partial charge in [0.1, 0.15) is 12.4 Å². The van der Waals surface area contributed by atoms with Crippen molar-refractivity contribution in [2.75, 3.05) is 24.2 Å². The number of hydrogen-bond donors (Lipinski definition) is 1. The third-order valence-electron chi connectivity index (χ3n) is 5.94. The Kier molecular flexibility index (Phi) is 8.30. The zero-order chi connectivity index (χ0) is 23.3. The molecule has 1 fully saturated rings. The molecule has 1 aliphatic rings. The van der Waals surface area contributed by atoms with Crippen LogP contribution in [0, 0.1) is 5.92 Å². The number of nitrogens with zero attached hydrogens (tertiary/aromatic N) is 4. The molecule has 0 aliphatic carbocycles. The van der Waals surface area contributed by atoms with E-state index in [2.05, 4.69) is 34.0 Å². The summed E-state index contributed by atoms with van der Waals surface area (Å²) in [6.07, 6.45) is 7.10. The predicted molar refractivity (Wildman–Crippen MR) is 126 cm³/mol. The van der Waals surface area contributed by atoms with E-state index in [9.17, 15) is 13.2 Å². The second-order valence-corrected chi connectivity index (χ2v) is 11.2. The quantitative estimate of drug-likeness (QED) is 0.589. The molecule has 0 spiro atoms. The molecule has 1 saturated heterocycles. The van der Waals surface area contributed by atoms with Crippen molar-refractivity contribution in [3.05, 3.63) is 35.2 Å². The van der Waals surface area contributed by atoms with E-state index in [1.165, 1.54) is 10.8 Å². The van der Waals surface area contributed by atoms with Gasteiger partial charge in [0, 0.05) is 18.4 Å². The average Bonchev–Trinajstić information content (AvgIpc) is 3.17. The van der Waals surface area contributed by atoms with Crippen molar-refractivity contribution in [2.24, 2.45) is 5.92 Å². The number of rotatable bonds is 9. The Morgan fingerprint density at radius 3 is 2.59 bits per heavy atom. The maximum absolute atomic E-state index is 12.6. The van der Waals surface area contributed by atoms with Gasteiger partial charge in [-0.05, 0) is 70.7 Å². The van der Waals surface area contributed by atoms with E-state index < -0.39 is 9.84 Å². The second-order valence-electron chi connectivity index (χ2n) is 8.57. The molecule has 32 heavy (non-hydrogen) atoms. The number of nitrogens with one attached hydrogen (secondary N) is 1. The lowest BCUT2D eigenvalue weighted by Crippen LogP contribution is -2.38. The van der Waals surface area contributed by atoms with Gasteiger partial charge in [0.15, 0.2) is 0 Å². The molecule has 0 bridgehead atoms. The first-order valence-corrected chi connectivity index (χ1v) is 13.1. The first-order valence-electron chi connectivity index (χ1n) is 11.1. The maximum atomic E-state index is 12.6. The summed E-state index contributed by atoms with van der Waals surface area (Å²) in [5, 5.41) is 3.08. The molecular formula is C22H32ClN5O3S. The Morgan fingerprint density at radius 1 is 1.28 bits per heavy atom. The van der Waals surface area contributed by atoms with Crippen LogP contribution in [0.3, 0.4) is 0 Å². The SMILES string of the molecule is CCS(=O)(=O)c1nc(CCC2CCN(C(C)C)CC2)cn1CC(=O)Nc1ccc(Cl)cn1. The highest BCUT2D eigenvalue weighted by atomic mass is 35.5. The number of aryl methyl sites for hydroxylation is 1. The van der Waals surface area contributed by atoms with Crippen molar-refractivity contribution in [1.82, 2.24) is 19.4 Å². The molecule has 0 unspecified atom stereocenters. The van der Waals surface area contributed by atoms with Gasteiger partial charge >= 0.3 is 0 Å². The predicted octanol–water partition coefficient (Wildman–Crippen LogP) is 3.42. The fourth-order valence-corrected chi connectivity index (χ4v) is 5.06. The van der Waals surface area contributed by atoms with Crippen LogP contribution in [0.1, 0.15) is 45.7 Å². The van der Waals surface area contributed by atoms with E-state index in [1.54, 1.807) is 25.3 Å². The van der Waals surface area contributed by atoms with Gasteiger partial charge in [0.2, 0.25) is 20.9 Å². The Morgan fingerprint density at radius 2 is 2.00 bits per heavy atom. The molecule has 1 N–H and O–H groups in total. The van der Waals surface area contributed by atoms with Crippen molar-refractivity contribution in [2.45, 2.75) is 64.2 Å². The highest BCUT2D eigenvalue weighted by Gasteiger charge is 2.24. The molecule has 8 nitrogen and oxygen atoms in total. The summed E-state index contributed by atoms with van der Waals surface area (Å²) in [7, 11) is -3.56. The molecule has 0 aromatic carbocycles. The molecule has 3 rings (SSSR count). The summed E-state index contributed by atoms with van der Waals surface area (Å²) in [4.78, 5) is 23.4. The molecular weight excluding hydrogens is 450 g/mol. The number of hydrogen-bond acceptors (Lipinski definition) is 6. The molecule has 10 heteroatoms. The number of carbonyl (C=O) groups is 1. The fraction of sp³-hybridized carbons (Fsp3) is 0.591. The zero-order valence-electron chi connectivity index (χ0n) is 18.9. The van der Waals surface area contributed by atoms with Crippen LogP contribution in [-0.4, -0.2) is 58.6 Å². The Balaban J connectivity index is 1.66. The minimum absolute atomic E-state index is 0.0520. The number of amides is 1. The molecule has 2 aromatic rings. The summed E-state index contributed by atoms with van der Waals surface area (Å²) < 4.78 is 26.6. The summed E-state index contributed by atoms with van der Waals surface area (Å²) in [6.45, 7) is 8.08. The van der Waals surface area contributed by atoms with Crippen molar-refractivity contribution in [3.63, 3.8) is 0 Å². The second kappa shape index (κ2) is 10.8. The van der Waals surface area contributed by atoms with Gasteiger partial charge in [0.05, 0.1) is 16.5 Å². The Bertz CT molecular complexity index is 1010. The van der Waals surface area contributed by atoms with Crippen molar-refractivity contribution in [1.29, 1.82) is 0 Å². The van der Waals surface area contributed by atoms with Gasteiger partial charge < -0.3 is 14.8 Å². The van der Waals surface area contributed by atoms with Gasteiger partial charge in [-0.2, -0.15) is 0 Å². The lowest BCUT2D eigenvalue weighted by Gasteiger charge is -2.34. The maximum Gasteiger partial charge on any atom is 0.245 e. The highest BCUT2D eigenvalue weighted by molar-refractivity contribution is 7.91. The van der Waals surface area contributed by atoms with Crippen LogP contribution in [0.4, 0.5) is 5.82 Å². The number of imidazole rings is 1. The molecule has 3 heterocycles. The van der Waals surface area contributed by atoms with E-state index in [0.29, 0.717) is 34.9 Å². The number of piperidine rings is 1. The van der Waals surface area contributed by atoms with E-state index in [4.69, 9.17) is 11.6 Å². The number of carbonyl (C=O) groups excluding carboxylic acids is 1. The van der Waals surface area contributed by atoms with Gasteiger partial charge in [-0.25, -0.2) is 18.4 Å². The van der Waals surface area contributed by atoms with Crippen molar-refractivity contribution < 1.29 is 13.2 Å². The Hall–Kier alpha value is -1.97. The van der Waals surface area contributed by atoms with Gasteiger partial charge in [-0.3, -0.25) is 4.79 Å². The van der Waals surface area contributed by atoms with Crippen LogP contribution in [0.5, 0.6) is 0 Å². The largest absolute Gasteiger partial charge is 0.312 e. The van der Waals surface area contributed by atoms with Crippen LogP contribution >= 0.6 is 11.6 Å². The minimum atomic E-state index is -3.56. The fourth-order valence-electron chi connectivity index (χ4n) is 3.96. The molecule has 1 amide bonds. The smallest absolute Gasteiger partial charge is 0.245 e. The lowest BCUT2D eigenvalue weighted by atomic mass is 9.91. The summed E-state index contributed by atoms with van der Waals surface area (Å²) in [5.41, 5.74) is 0.709. The minimum Gasteiger partial charge on any atom is -0.312 e. The standard InChI is InChI=1S/C22H32ClN5O3S/c1-4-32(30,31)22-25-19(7-5-17-9-11-27(12-10-17)16(2)3)14-28(22)15-21(29)26-20-8-6-18(23)13-24-20/h6,8,13-14,16-17H,4-5,7,9-12,15H2,1-3H3,(H,24,26,29). The summed E-state index contributed by atoms with van der Waals surface area (Å²) in [5.74, 6) is 0.516. The van der Waals surface area contributed by atoms with Crippen LogP contribution in [0.2, 0.25) is 5.02 Å². The zero-order valence-corrected chi connectivity index (χ0v) is 20.5. The number of aromatic nitrogens is 3. The molecule has 0 atom stereocenters. The van der Waals surface area contributed by atoms with Crippen LogP contribution in [-0.2, 0) is 27.6 Å².